The van der Waals surface area contributed by atoms with Gasteiger partial charge >= 0.3 is 11.9 Å². The van der Waals surface area contributed by atoms with Gasteiger partial charge in [-0.1, -0.05) is 19.1 Å². The van der Waals surface area contributed by atoms with Crippen LogP contribution in [0.1, 0.15) is 6.92 Å². The van der Waals surface area contributed by atoms with Gasteiger partial charge in [0.1, 0.15) is 5.82 Å². The van der Waals surface area contributed by atoms with E-state index in [1.165, 1.54) is 6.07 Å². The molecule has 1 aliphatic heterocycles. The minimum Gasteiger partial charge on any atom is -0.473 e. The van der Waals surface area contributed by atoms with Crippen molar-refractivity contribution >= 4 is 23.5 Å². The molecule has 0 aliphatic carbocycles. The van der Waals surface area contributed by atoms with E-state index in [0.29, 0.717) is 6.54 Å². The van der Waals surface area contributed by atoms with Crippen molar-refractivity contribution in [3.8, 4) is 0 Å². The summed E-state index contributed by atoms with van der Waals surface area (Å²) in [5.41, 5.74) is 0.250. The van der Waals surface area contributed by atoms with Gasteiger partial charge in [0.05, 0.1) is 12.2 Å². The van der Waals surface area contributed by atoms with E-state index in [-0.39, 0.29) is 11.6 Å². The van der Waals surface area contributed by atoms with Crippen molar-refractivity contribution in [3.63, 3.8) is 0 Å². The number of carbonyl (C=O) groups excluding carboxylic acids is 1. The number of hydrogen-bond acceptors (Lipinski definition) is 5. The summed E-state index contributed by atoms with van der Waals surface area (Å²) in [5.74, 6) is -4.20. The lowest BCUT2D eigenvalue weighted by Crippen LogP contribution is -2.48. The first-order valence-corrected chi connectivity index (χ1v) is 7.78. The monoisotopic (exact) mass is 355 g/mol. The Labute approximate surface area is 144 Å². The van der Waals surface area contributed by atoms with Crippen LogP contribution in [0.15, 0.2) is 24.3 Å². The molecule has 25 heavy (non-hydrogen) atoms. The summed E-state index contributed by atoms with van der Waals surface area (Å²) in [6.07, 6.45) is 0. The second-order valence-electron chi connectivity index (χ2n) is 5.35. The van der Waals surface area contributed by atoms with Crippen LogP contribution in [0.25, 0.3) is 0 Å². The number of halogens is 1. The smallest absolute Gasteiger partial charge is 0.414 e. The lowest BCUT2D eigenvalue weighted by Gasteiger charge is -2.33. The highest BCUT2D eigenvalue weighted by molar-refractivity contribution is 6.27. The van der Waals surface area contributed by atoms with Gasteiger partial charge in [0.2, 0.25) is 5.91 Å². The number of benzene rings is 1. The third-order valence-electron chi connectivity index (χ3n) is 3.61. The Morgan fingerprint density at radius 3 is 2.04 bits per heavy atom. The predicted octanol–water partition coefficient (Wildman–Crippen LogP) is 0.557. The van der Waals surface area contributed by atoms with Gasteiger partial charge in [-0.15, -0.1) is 0 Å². The summed E-state index contributed by atoms with van der Waals surface area (Å²) in [5, 5.41) is 17.4. The first-order valence-electron chi connectivity index (χ1n) is 7.78. The van der Waals surface area contributed by atoms with Gasteiger partial charge in [0.25, 0.3) is 0 Å². The topological polar surface area (TPSA) is 110 Å². The lowest BCUT2D eigenvalue weighted by molar-refractivity contribution is -0.159. The molecule has 1 aliphatic rings. The maximum Gasteiger partial charge on any atom is 0.414 e. The fraction of sp³-hybridized carbons (Fsp3) is 0.438. The third-order valence-corrected chi connectivity index (χ3v) is 3.61. The first kappa shape index (κ1) is 20.5. The van der Waals surface area contributed by atoms with Crippen LogP contribution >= 0.6 is 0 Å². The highest BCUT2D eigenvalue weighted by Gasteiger charge is 2.18. The molecule has 9 heteroatoms. The van der Waals surface area contributed by atoms with Gasteiger partial charge in [-0.3, -0.25) is 9.69 Å². The van der Waals surface area contributed by atoms with Crippen molar-refractivity contribution in [3.05, 3.63) is 30.1 Å². The van der Waals surface area contributed by atoms with Crippen LogP contribution in [0.2, 0.25) is 0 Å². The number of rotatable bonds is 4. The Bertz CT molecular complexity index is 591. The van der Waals surface area contributed by atoms with E-state index in [4.69, 9.17) is 19.8 Å². The quantitative estimate of drug-likeness (QED) is 0.677. The number of carbonyl (C=O) groups is 3. The number of nitrogens with one attached hydrogen (secondary N) is 1. The molecule has 1 fully saturated rings. The van der Waals surface area contributed by atoms with E-state index < -0.39 is 17.8 Å². The van der Waals surface area contributed by atoms with Gasteiger partial charge in [-0.05, 0) is 18.7 Å². The maximum atomic E-state index is 13.4. The molecule has 1 amide bonds. The molecule has 0 saturated carbocycles. The van der Waals surface area contributed by atoms with Gasteiger partial charge in [0, 0.05) is 26.2 Å². The minimum atomic E-state index is -1.82. The summed E-state index contributed by atoms with van der Waals surface area (Å²) in [7, 11) is 0. The molecule has 1 saturated heterocycles. The molecule has 1 heterocycles. The summed E-state index contributed by atoms with van der Waals surface area (Å²) >= 11 is 0. The van der Waals surface area contributed by atoms with Gasteiger partial charge in [0.15, 0.2) is 0 Å². The number of carboxylic acids is 2. The average molecular weight is 355 g/mol. The molecule has 138 valence electrons. The molecule has 0 radical (unpaired) electrons. The fourth-order valence-electron chi connectivity index (χ4n) is 2.22. The Hall–Kier alpha value is -2.52. The number of amides is 1. The van der Waals surface area contributed by atoms with Crippen LogP contribution in [0.3, 0.4) is 0 Å². The largest absolute Gasteiger partial charge is 0.473 e. The summed E-state index contributed by atoms with van der Waals surface area (Å²) < 4.78 is 13.4. The van der Waals surface area contributed by atoms with Gasteiger partial charge in [-0.2, -0.15) is 0 Å². The molecular weight excluding hydrogens is 333 g/mol. The molecular formula is C16H22FN3O5. The third kappa shape index (κ3) is 7.73. The van der Waals surface area contributed by atoms with E-state index in [0.717, 1.165) is 32.7 Å². The summed E-state index contributed by atoms with van der Waals surface area (Å²) in [4.78, 5) is 34.5. The van der Waals surface area contributed by atoms with Crippen LogP contribution in [0.4, 0.5) is 10.1 Å². The van der Waals surface area contributed by atoms with Crippen molar-refractivity contribution in [2.24, 2.45) is 0 Å². The van der Waals surface area contributed by atoms with Crippen molar-refractivity contribution in [1.82, 2.24) is 9.80 Å². The standard InChI is InChI=1S/C14H20FN3O.C2H2O4/c1-2-17-7-9-18(10-8-17)11-14(19)16-13-6-4-3-5-12(13)15;3-1(4)2(5)6/h3-6H,2,7-11H2,1H3,(H,16,19);(H,3,4)(H,5,6). The van der Waals surface area contributed by atoms with E-state index in [1.807, 2.05) is 0 Å². The van der Waals surface area contributed by atoms with Gasteiger partial charge in [-0.25, -0.2) is 14.0 Å². The highest BCUT2D eigenvalue weighted by Crippen LogP contribution is 2.12. The van der Waals surface area contributed by atoms with Crippen molar-refractivity contribution in [1.29, 1.82) is 0 Å². The molecule has 1 aromatic rings. The zero-order chi connectivity index (χ0) is 18.8. The number of para-hydroxylation sites is 1. The molecule has 0 atom stereocenters. The van der Waals surface area contributed by atoms with Crippen molar-refractivity contribution in [2.75, 3.05) is 44.6 Å². The normalized spacial score (nSPS) is 15.0. The second-order valence-corrected chi connectivity index (χ2v) is 5.35. The number of aliphatic carboxylic acids is 2. The maximum absolute atomic E-state index is 13.4. The fourth-order valence-corrected chi connectivity index (χ4v) is 2.22. The molecule has 1 aromatic carbocycles. The first-order chi connectivity index (χ1) is 11.8. The van der Waals surface area contributed by atoms with Crippen LogP contribution in [0, 0.1) is 5.82 Å². The minimum absolute atomic E-state index is 0.157. The second kappa shape index (κ2) is 10.4. The number of likely N-dealkylation sites (N-methyl/N-ethyl adjacent to an activating group) is 1. The zero-order valence-corrected chi connectivity index (χ0v) is 13.9. The zero-order valence-electron chi connectivity index (χ0n) is 13.9. The molecule has 8 nitrogen and oxygen atoms in total. The average Bonchev–Trinajstić information content (AvgIpc) is 2.58. The van der Waals surface area contributed by atoms with E-state index in [2.05, 4.69) is 22.0 Å². The molecule has 3 N–H and O–H groups in total. The van der Waals surface area contributed by atoms with Crippen molar-refractivity contribution < 1.29 is 29.0 Å². The summed E-state index contributed by atoms with van der Waals surface area (Å²) in [6.45, 7) is 7.27. The number of hydrogen-bond donors (Lipinski definition) is 3. The van der Waals surface area contributed by atoms with E-state index >= 15 is 0 Å². The summed E-state index contributed by atoms with van der Waals surface area (Å²) in [6, 6.07) is 6.23. The number of piperazine rings is 1. The van der Waals surface area contributed by atoms with E-state index in [1.54, 1.807) is 18.2 Å². The van der Waals surface area contributed by atoms with E-state index in [9.17, 15) is 9.18 Å². The molecule has 0 unspecified atom stereocenters. The number of anilines is 1. The van der Waals surface area contributed by atoms with Crippen LogP contribution in [0.5, 0.6) is 0 Å². The van der Waals surface area contributed by atoms with Crippen LogP contribution in [-0.4, -0.2) is 77.1 Å². The Balaban J connectivity index is 0.000000450. The molecule has 2 rings (SSSR count). The number of carboxylic acid groups (broad SMARTS) is 2. The molecule has 0 bridgehead atoms. The molecule has 0 aromatic heterocycles. The van der Waals surface area contributed by atoms with Crippen LogP contribution < -0.4 is 5.32 Å². The lowest BCUT2D eigenvalue weighted by atomic mass is 10.3. The number of nitrogens with zero attached hydrogens (tertiary/aromatic N) is 2. The highest BCUT2D eigenvalue weighted by atomic mass is 19.1. The Morgan fingerprint density at radius 1 is 1.04 bits per heavy atom. The SMILES string of the molecule is CCN1CCN(CC(=O)Nc2ccccc2F)CC1.O=C(O)C(=O)O. The Morgan fingerprint density at radius 2 is 1.56 bits per heavy atom. The van der Waals surface area contributed by atoms with Crippen LogP contribution in [-0.2, 0) is 14.4 Å². The predicted molar refractivity (Wildman–Crippen MR) is 88.9 cm³/mol. The van der Waals surface area contributed by atoms with Gasteiger partial charge < -0.3 is 20.4 Å². The molecule has 0 spiro atoms. The van der Waals surface area contributed by atoms with Crippen molar-refractivity contribution in [2.45, 2.75) is 6.92 Å². The Kier molecular flexibility index (Phi) is 8.51.